The lowest BCUT2D eigenvalue weighted by Gasteiger charge is -2.27. The van der Waals surface area contributed by atoms with Gasteiger partial charge in [0, 0.05) is 12.1 Å². The highest BCUT2D eigenvalue weighted by Crippen LogP contribution is 2.19. The van der Waals surface area contributed by atoms with Gasteiger partial charge in [-0.25, -0.2) is 0 Å². The highest BCUT2D eigenvalue weighted by Gasteiger charge is 2.20. The maximum Gasteiger partial charge on any atom is 0.00681 e. The van der Waals surface area contributed by atoms with Crippen LogP contribution in [0.2, 0.25) is 0 Å². The van der Waals surface area contributed by atoms with Crippen molar-refractivity contribution in [3.05, 3.63) is 0 Å². The number of rotatable bonds is 9. The fraction of sp³-hybridized carbons (Fsp3) is 1.00. The van der Waals surface area contributed by atoms with Crippen molar-refractivity contribution in [2.75, 3.05) is 13.1 Å². The molecule has 4 nitrogen and oxygen atoms in total. The van der Waals surface area contributed by atoms with E-state index in [1.54, 1.807) is 0 Å². The van der Waals surface area contributed by atoms with Crippen LogP contribution in [-0.2, 0) is 0 Å². The minimum atomic E-state index is 0.199. The van der Waals surface area contributed by atoms with Crippen molar-refractivity contribution in [3.8, 4) is 0 Å². The van der Waals surface area contributed by atoms with Crippen molar-refractivity contribution >= 4 is 0 Å². The maximum atomic E-state index is 6.18. The molecule has 0 amide bonds. The molecule has 5 atom stereocenters. The summed E-state index contributed by atoms with van der Waals surface area (Å²) in [5.74, 6) is 1.41. The molecule has 17 heavy (non-hydrogen) atoms. The topological polar surface area (TPSA) is 104 Å². The fourth-order valence-electron chi connectivity index (χ4n) is 2.11. The highest BCUT2D eigenvalue weighted by atomic mass is 14.7. The van der Waals surface area contributed by atoms with Crippen LogP contribution in [0.3, 0.4) is 0 Å². The molecule has 0 aromatic rings. The van der Waals surface area contributed by atoms with E-state index in [9.17, 15) is 0 Å². The fourth-order valence-corrected chi connectivity index (χ4v) is 2.11. The zero-order valence-electron chi connectivity index (χ0n) is 11.7. The van der Waals surface area contributed by atoms with Gasteiger partial charge in [-0.15, -0.1) is 0 Å². The van der Waals surface area contributed by atoms with Crippen LogP contribution in [0.25, 0.3) is 0 Å². The Morgan fingerprint density at radius 1 is 0.824 bits per heavy atom. The van der Waals surface area contributed by atoms with Gasteiger partial charge in [0.1, 0.15) is 0 Å². The predicted molar refractivity (Wildman–Crippen MR) is 75.4 cm³/mol. The first-order valence-corrected chi connectivity index (χ1v) is 6.83. The van der Waals surface area contributed by atoms with E-state index in [-0.39, 0.29) is 12.1 Å². The summed E-state index contributed by atoms with van der Waals surface area (Å²) in [6.45, 7) is 7.90. The second-order valence-corrected chi connectivity index (χ2v) is 5.67. The predicted octanol–water partition coefficient (Wildman–Crippen LogP) is 0.637. The summed E-state index contributed by atoms with van der Waals surface area (Å²) in [6, 6.07) is 0.400. The van der Waals surface area contributed by atoms with Crippen LogP contribution in [0.15, 0.2) is 0 Å². The van der Waals surface area contributed by atoms with Crippen LogP contribution < -0.4 is 22.9 Å². The van der Waals surface area contributed by atoms with Gasteiger partial charge in [-0.2, -0.15) is 0 Å². The molecule has 0 aromatic carbocycles. The van der Waals surface area contributed by atoms with Crippen LogP contribution in [0, 0.1) is 17.8 Å². The lowest BCUT2D eigenvalue weighted by Crippen LogP contribution is -2.38. The molecule has 5 unspecified atom stereocenters. The van der Waals surface area contributed by atoms with E-state index in [2.05, 4.69) is 20.8 Å². The summed E-state index contributed by atoms with van der Waals surface area (Å²) in [4.78, 5) is 0. The molecule has 104 valence electrons. The van der Waals surface area contributed by atoms with Crippen LogP contribution in [-0.4, -0.2) is 25.2 Å². The van der Waals surface area contributed by atoms with Crippen molar-refractivity contribution in [1.29, 1.82) is 0 Å². The third kappa shape index (κ3) is 6.99. The molecule has 0 fully saturated rings. The quantitative estimate of drug-likeness (QED) is 0.477. The first kappa shape index (κ1) is 16.8. The second kappa shape index (κ2) is 8.86. The molecule has 0 saturated heterocycles. The monoisotopic (exact) mass is 244 g/mol. The molecule has 0 aromatic heterocycles. The van der Waals surface area contributed by atoms with E-state index in [1.165, 1.54) is 0 Å². The van der Waals surface area contributed by atoms with Gasteiger partial charge in [0.15, 0.2) is 0 Å². The Kier molecular flexibility index (Phi) is 8.78. The Morgan fingerprint density at radius 3 is 1.82 bits per heavy atom. The van der Waals surface area contributed by atoms with Crippen LogP contribution in [0.5, 0.6) is 0 Å². The molecule has 0 aliphatic heterocycles. The Balaban J connectivity index is 4.01. The van der Waals surface area contributed by atoms with Gasteiger partial charge in [0.2, 0.25) is 0 Å². The Bertz CT molecular complexity index is 186. The van der Waals surface area contributed by atoms with E-state index >= 15 is 0 Å². The van der Waals surface area contributed by atoms with Crippen molar-refractivity contribution in [3.63, 3.8) is 0 Å². The number of nitrogens with two attached hydrogens (primary N) is 4. The van der Waals surface area contributed by atoms with Gasteiger partial charge >= 0.3 is 0 Å². The first-order chi connectivity index (χ1) is 7.92. The molecule has 0 aliphatic carbocycles. The molecule has 0 spiro atoms. The van der Waals surface area contributed by atoms with E-state index in [0.29, 0.717) is 30.8 Å². The molecule has 0 saturated carbocycles. The molecular formula is C13H32N4. The summed E-state index contributed by atoms with van der Waals surface area (Å²) in [6.07, 6.45) is 2.94. The van der Waals surface area contributed by atoms with Crippen molar-refractivity contribution < 1.29 is 0 Å². The summed E-state index contributed by atoms with van der Waals surface area (Å²) < 4.78 is 0. The molecule has 0 bridgehead atoms. The largest absolute Gasteiger partial charge is 0.330 e. The minimum Gasteiger partial charge on any atom is -0.330 e. The number of hydrogen-bond donors (Lipinski definition) is 4. The zero-order chi connectivity index (χ0) is 13.4. The summed E-state index contributed by atoms with van der Waals surface area (Å²) >= 11 is 0. The SMILES string of the molecule is CC(CN)CC(N)C(C)CC(N)C(C)CCN. The van der Waals surface area contributed by atoms with Gasteiger partial charge < -0.3 is 22.9 Å². The van der Waals surface area contributed by atoms with Crippen molar-refractivity contribution in [2.45, 2.75) is 52.1 Å². The average molecular weight is 244 g/mol. The van der Waals surface area contributed by atoms with E-state index in [4.69, 9.17) is 22.9 Å². The average Bonchev–Trinajstić information content (AvgIpc) is 2.28. The van der Waals surface area contributed by atoms with E-state index in [1.807, 2.05) is 0 Å². The lowest BCUT2D eigenvalue weighted by molar-refractivity contribution is 0.301. The molecule has 0 heterocycles. The Labute approximate surface area is 106 Å². The Hall–Kier alpha value is -0.160. The van der Waals surface area contributed by atoms with Crippen molar-refractivity contribution in [1.82, 2.24) is 0 Å². The maximum absolute atomic E-state index is 6.18. The zero-order valence-corrected chi connectivity index (χ0v) is 11.7. The highest BCUT2D eigenvalue weighted by molar-refractivity contribution is 4.79. The van der Waals surface area contributed by atoms with E-state index in [0.717, 1.165) is 19.3 Å². The lowest BCUT2D eigenvalue weighted by atomic mass is 9.85. The second-order valence-electron chi connectivity index (χ2n) is 5.67. The third-order valence-corrected chi connectivity index (χ3v) is 3.80. The molecule has 4 heteroatoms. The molecule has 0 radical (unpaired) electrons. The van der Waals surface area contributed by atoms with Gasteiger partial charge in [0.05, 0.1) is 0 Å². The third-order valence-electron chi connectivity index (χ3n) is 3.80. The van der Waals surface area contributed by atoms with E-state index < -0.39 is 0 Å². The van der Waals surface area contributed by atoms with Crippen LogP contribution >= 0.6 is 0 Å². The minimum absolute atomic E-state index is 0.199. The molecular weight excluding hydrogens is 212 g/mol. The molecule has 0 aliphatic rings. The molecule has 8 N–H and O–H groups in total. The van der Waals surface area contributed by atoms with Crippen LogP contribution in [0.4, 0.5) is 0 Å². The van der Waals surface area contributed by atoms with Gasteiger partial charge in [-0.05, 0) is 50.1 Å². The normalized spacial score (nSPS) is 20.6. The summed E-state index contributed by atoms with van der Waals surface area (Å²) in [5, 5.41) is 0. The summed E-state index contributed by atoms with van der Waals surface area (Å²) in [5.41, 5.74) is 23.5. The van der Waals surface area contributed by atoms with Crippen molar-refractivity contribution in [2.24, 2.45) is 40.7 Å². The summed E-state index contributed by atoms with van der Waals surface area (Å²) in [7, 11) is 0. The molecule has 0 rings (SSSR count). The van der Waals surface area contributed by atoms with Crippen LogP contribution in [0.1, 0.15) is 40.0 Å². The first-order valence-electron chi connectivity index (χ1n) is 6.83. The standard InChI is InChI=1S/C13H32N4/c1-9(8-15)6-12(16)11(3)7-13(17)10(2)4-5-14/h9-13H,4-8,14-17H2,1-3H3. The smallest absolute Gasteiger partial charge is 0.00681 e. The van der Waals surface area contributed by atoms with Gasteiger partial charge in [0.25, 0.3) is 0 Å². The Morgan fingerprint density at radius 2 is 1.35 bits per heavy atom. The van der Waals surface area contributed by atoms with Gasteiger partial charge in [-0.1, -0.05) is 20.8 Å². The number of hydrogen-bond acceptors (Lipinski definition) is 4. The van der Waals surface area contributed by atoms with Gasteiger partial charge in [-0.3, -0.25) is 0 Å².